The van der Waals surface area contributed by atoms with Gasteiger partial charge in [-0.3, -0.25) is 10.2 Å². The first-order valence-electron chi connectivity index (χ1n) is 9.05. The lowest BCUT2D eigenvalue weighted by Gasteiger charge is -2.24. The molecule has 0 aliphatic heterocycles. The van der Waals surface area contributed by atoms with Crippen LogP contribution in [0.25, 0.3) is 11.0 Å². The Morgan fingerprint density at radius 2 is 2.07 bits per heavy atom. The van der Waals surface area contributed by atoms with Crippen molar-refractivity contribution in [2.24, 2.45) is 11.7 Å². The number of halogens is 1. The number of rotatable bonds is 4. The molecule has 2 aromatic heterocycles. The van der Waals surface area contributed by atoms with Gasteiger partial charge in [0.1, 0.15) is 17.2 Å². The van der Waals surface area contributed by atoms with Gasteiger partial charge in [0.25, 0.3) is 5.91 Å². The second-order valence-corrected chi connectivity index (χ2v) is 7.23. The highest BCUT2D eigenvalue weighted by atomic mass is 19.1. The van der Waals surface area contributed by atoms with Gasteiger partial charge in [0, 0.05) is 22.7 Å². The van der Waals surface area contributed by atoms with E-state index in [1.165, 1.54) is 12.3 Å². The summed E-state index contributed by atoms with van der Waals surface area (Å²) in [5.41, 5.74) is 9.18. The summed E-state index contributed by atoms with van der Waals surface area (Å²) in [6.45, 7) is 7.08. The average molecular weight is 381 g/mol. The van der Waals surface area contributed by atoms with E-state index in [1.807, 2.05) is 19.1 Å². The summed E-state index contributed by atoms with van der Waals surface area (Å²) in [4.78, 5) is 19.9. The second kappa shape index (κ2) is 7.42. The van der Waals surface area contributed by atoms with Crippen molar-refractivity contribution < 1.29 is 9.18 Å². The Hall–Kier alpha value is -3.22. The van der Waals surface area contributed by atoms with Crippen LogP contribution in [0.4, 0.5) is 10.1 Å². The molecule has 0 bridgehead atoms. The Kier molecular flexibility index (Phi) is 5.18. The molecule has 7 heteroatoms. The Labute approximate surface area is 162 Å². The largest absolute Gasteiger partial charge is 0.402 e. The Morgan fingerprint density at radius 3 is 2.75 bits per heavy atom. The Bertz CT molecular complexity index is 1060. The molecule has 1 amide bonds. The van der Waals surface area contributed by atoms with Crippen molar-refractivity contribution >= 4 is 28.3 Å². The minimum Gasteiger partial charge on any atom is -0.402 e. The number of aromatic nitrogens is 2. The number of carbonyl (C=O) groups is 1. The molecule has 5 N–H and O–H groups in total. The number of nitrogens with one attached hydrogen (secondary N) is 3. The van der Waals surface area contributed by atoms with E-state index in [0.717, 1.165) is 16.7 Å². The molecule has 1 aliphatic carbocycles. The first-order valence-corrected chi connectivity index (χ1v) is 9.05. The van der Waals surface area contributed by atoms with E-state index in [2.05, 4.69) is 15.3 Å². The van der Waals surface area contributed by atoms with E-state index >= 15 is 0 Å². The first-order chi connectivity index (χ1) is 13.2. The fraction of sp³-hybridized carbons (Fsp3) is 0.286. The molecule has 0 radical (unpaired) electrons. The topological polar surface area (TPSA) is 108 Å². The summed E-state index contributed by atoms with van der Waals surface area (Å²) in [7, 11) is 0. The van der Waals surface area contributed by atoms with Crippen molar-refractivity contribution in [3.8, 4) is 0 Å². The molecule has 6 nitrogen and oxygen atoms in total. The summed E-state index contributed by atoms with van der Waals surface area (Å²) < 4.78 is 13.8. The number of nitrogens with two attached hydrogens (primary N) is 1. The number of H-pyrrole nitrogens is 1. The third kappa shape index (κ3) is 3.60. The summed E-state index contributed by atoms with van der Waals surface area (Å²) in [5, 5.41) is 11.4. The lowest BCUT2D eigenvalue weighted by Crippen LogP contribution is -2.24. The maximum Gasteiger partial charge on any atom is 0.273 e. The highest BCUT2D eigenvalue weighted by molar-refractivity contribution is 6.47. The van der Waals surface area contributed by atoms with Crippen molar-refractivity contribution in [2.45, 2.75) is 33.6 Å². The van der Waals surface area contributed by atoms with E-state index < -0.39 is 5.91 Å². The number of pyridine rings is 1. The summed E-state index contributed by atoms with van der Waals surface area (Å²) >= 11 is 0. The summed E-state index contributed by atoms with van der Waals surface area (Å²) in [6, 6.07) is 3.75. The number of aromatic amines is 1. The van der Waals surface area contributed by atoms with Crippen molar-refractivity contribution in [1.29, 1.82) is 5.41 Å². The van der Waals surface area contributed by atoms with Gasteiger partial charge < -0.3 is 16.0 Å². The molecule has 1 aliphatic rings. The normalized spacial score (nSPS) is 20.3. The third-order valence-electron chi connectivity index (χ3n) is 5.35. The zero-order chi connectivity index (χ0) is 20.6. The maximum absolute atomic E-state index is 13.8. The molecule has 146 valence electrons. The molecule has 2 heterocycles. The molecule has 0 spiro atoms. The molecule has 28 heavy (non-hydrogen) atoms. The van der Waals surface area contributed by atoms with Crippen LogP contribution in [0.2, 0.25) is 0 Å². The molecular formula is C21H24FN5O. The SMILES string of the molecule is CC1=C(F)C=CC(c2cc3cc(NC(=O)C(=N)/C(C)=C(/C)N)cnc3[nH]2)C1C. The monoisotopic (exact) mass is 381 g/mol. The van der Waals surface area contributed by atoms with Crippen LogP contribution < -0.4 is 11.1 Å². The number of anilines is 1. The average Bonchev–Trinajstić information content (AvgIpc) is 3.07. The number of hydrogen-bond donors (Lipinski definition) is 4. The van der Waals surface area contributed by atoms with Gasteiger partial charge in [-0.1, -0.05) is 13.0 Å². The van der Waals surface area contributed by atoms with Gasteiger partial charge in [-0.15, -0.1) is 0 Å². The van der Waals surface area contributed by atoms with Crippen LogP contribution in [-0.4, -0.2) is 21.6 Å². The van der Waals surface area contributed by atoms with Crippen LogP contribution in [0.15, 0.2) is 53.2 Å². The number of hydrogen-bond acceptors (Lipinski definition) is 4. The minimum absolute atomic E-state index is 0.0280. The lowest BCUT2D eigenvalue weighted by atomic mass is 9.82. The third-order valence-corrected chi connectivity index (χ3v) is 5.35. The van der Waals surface area contributed by atoms with Crippen LogP contribution in [-0.2, 0) is 4.79 Å². The van der Waals surface area contributed by atoms with Crippen molar-refractivity contribution in [2.75, 3.05) is 5.32 Å². The smallest absolute Gasteiger partial charge is 0.273 e. The maximum atomic E-state index is 13.8. The molecule has 0 fully saturated rings. The van der Waals surface area contributed by atoms with Crippen LogP contribution in [0, 0.1) is 11.3 Å². The van der Waals surface area contributed by atoms with Gasteiger partial charge in [0.15, 0.2) is 0 Å². The van der Waals surface area contributed by atoms with Crippen LogP contribution in [0.3, 0.4) is 0 Å². The number of amides is 1. The number of fused-ring (bicyclic) bond motifs is 1. The van der Waals surface area contributed by atoms with Gasteiger partial charge >= 0.3 is 0 Å². The van der Waals surface area contributed by atoms with Gasteiger partial charge in [-0.2, -0.15) is 0 Å². The van der Waals surface area contributed by atoms with Crippen molar-refractivity contribution in [3.05, 3.63) is 58.8 Å². The quantitative estimate of drug-likeness (QED) is 0.593. The summed E-state index contributed by atoms with van der Waals surface area (Å²) in [6.07, 6.45) is 4.89. The molecule has 2 aromatic rings. The van der Waals surface area contributed by atoms with Crippen molar-refractivity contribution in [3.63, 3.8) is 0 Å². The molecule has 2 unspecified atom stereocenters. The first kappa shape index (κ1) is 19.5. The van der Waals surface area contributed by atoms with E-state index in [4.69, 9.17) is 11.1 Å². The molecule has 0 aromatic carbocycles. The van der Waals surface area contributed by atoms with Crippen molar-refractivity contribution in [1.82, 2.24) is 9.97 Å². The van der Waals surface area contributed by atoms with Crippen LogP contribution >= 0.6 is 0 Å². The Morgan fingerprint density at radius 1 is 1.36 bits per heavy atom. The predicted molar refractivity (Wildman–Crippen MR) is 110 cm³/mol. The zero-order valence-corrected chi connectivity index (χ0v) is 16.4. The molecule has 0 saturated carbocycles. The standard InChI is InChI=1S/C21H24FN5O/c1-10-11(2)17(22)6-5-16(10)18-8-14-7-15(9-25-20(14)27-18)26-21(28)19(24)12(3)13(4)23/h5-10,16,24H,23H2,1-4H3,(H,25,27)(H,26,28)/b13-12-,24-19?. The second-order valence-electron chi connectivity index (χ2n) is 7.23. The molecular weight excluding hydrogens is 357 g/mol. The molecule has 3 rings (SSSR count). The lowest BCUT2D eigenvalue weighted by molar-refractivity contribution is -0.110. The number of nitrogens with zero attached hydrogens (tertiary/aromatic N) is 1. The fourth-order valence-electron chi connectivity index (χ4n) is 3.19. The minimum atomic E-state index is -0.542. The van der Waals surface area contributed by atoms with Crippen LogP contribution in [0.5, 0.6) is 0 Å². The van der Waals surface area contributed by atoms with E-state index in [-0.39, 0.29) is 23.4 Å². The predicted octanol–water partition coefficient (Wildman–Crippen LogP) is 4.31. The van der Waals surface area contributed by atoms with Crippen LogP contribution in [0.1, 0.15) is 39.3 Å². The number of carbonyl (C=O) groups excluding carboxylic acids is 1. The van der Waals surface area contributed by atoms with E-state index in [9.17, 15) is 9.18 Å². The van der Waals surface area contributed by atoms with Gasteiger partial charge in [-0.25, -0.2) is 9.37 Å². The van der Waals surface area contributed by atoms with Gasteiger partial charge in [0.05, 0.1) is 11.9 Å². The summed E-state index contributed by atoms with van der Waals surface area (Å²) in [5.74, 6) is -0.658. The highest BCUT2D eigenvalue weighted by Crippen LogP contribution is 2.37. The van der Waals surface area contributed by atoms with Gasteiger partial charge in [-0.05, 0) is 56.0 Å². The molecule has 0 saturated heterocycles. The fourth-order valence-corrected chi connectivity index (χ4v) is 3.19. The number of allylic oxidation sites excluding steroid dienone is 5. The van der Waals surface area contributed by atoms with E-state index in [1.54, 1.807) is 26.8 Å². The van der Waals surface area contributed by atoms with E-state index in [0.29, 0.717) is 22.6 Å². The molecule has 2 atom stereocenters. The van der Waals surface area contributed by atoms with Gasteiger partial charge in [0.2, 0.25) is 0 Å². The Balaban J connectivity index is 1.84. The highest BCUT2D eigenvalue weighted by Gasteiger charge is 2.25. The zero-order valence-electron chi connectivity index (χ0n) is 16.4.